The minimum atomic E-state index is 0. The summed E-state index contributed by atoms with van der Waals surface area (Å²) in [5.74, 6) is 0. The third-order valence-corrected chi connectivity index (χ3v) is 2.73. The predicted molar refractivity (Wildman–Crippen MR) is 87.5 cm³/mol. The normalized spacial score (nSPS) is 13.7. The molecule has 0 N–H and O–H groups in total. The predicted octanol–water partition coefficient (Wildman–Crippen LogP) is 5.22. The van der Waals surface area contributed by atoms with Gasteiger partial charge in [-0.15, -0.1) is 0 Å². The molecule has 1 saturated heterocycles. The van der Waals surface area contributed by atoms with Gasteiger partial charge in [0.25, 0.3) is 0 Å². The number of rotatable bonds is 4. The Morgan fingerprint density at radius 3 is 1.47 bits per heavy atom. The van der Waals surface area contributed by atoms with Gasteiger partial charge in [-0.3, -0.25) is 4.90 Å². The van der Waals surface area contributed by atoms with Crippen molar-refractivity contribution in [1.29, 1.82) is 0 Å². The largest absolute Gasteiger partial charge is 0.379 e. The Morgan fingerprint density at radius 2 is 1.26 bits per heavy atom. The van der Waals surface area contributed by atoms with Crippen LogP contribution in [0.2, 0.25) is 0 Å². The minimum Gasteiger partial charge on any atom is -0.379 e. The molecule has 1 fully saturated rings. The van der Waals surface area contributed by atoms with E-state index in [0.717, 1.165) is 26.3 Å². The van der Waals surface area contributed by atoms with Crippen LogP contribution >= 0.6 is 0 Å². The summed E-state index contributed by atoms with van der Waals surface area (Å²) in [5.41, 5.74) is 0. The standard InChI is InChI=1S/C7H15NO.C6H14.3CH4.Y/c1-7(2)8-3-5-9-6-4-8;1-3-5-6-4-2;;;;/h7H,3-6H2,1-2H3;3-6H2,1-2H3;3*1H4;. The molecule has 0 aromatic heterocycles. The van der Waals surface area contributed by atoms with Crippen LogP contribution < -0.4 is 0 Å². The Labute approximate surface area is 149 Å². The van der Waals surface area contributed by atoms with Crippen LogP contribution in [-0.2, 0) is 37.4 Å². The zero-order valence-corrected chi connectivity index (χ0v) is 14.5. The third-order valence-electron chi connectivity index (χ3n) is 2.73. The molecule has 0 aliphatic carbocycles. The Kier molecular flexibility index (Phi) is 40.7. The molecule has 0 aromatic rings. The second kappa shape index (κ2) is 24.1. The molecule has 19 heavy (non-hydrogen) atoms. The van der Waals surface area contributed by atoms with Crippen molar-refractivity contribution < 1.29 is 37.4 Å². The van der Waals surface area contributed by atoms with Gasteiger partial charge in [0.15, 0.2) is 0 Å². The molecule has 1 rings (SSSR count). The summed E-state index contributed by atoms with van der Waals surface area (Å²) < 4.78 is 5.21. The maximum Gasteiger partial charge on any atom is 0.0594 e. The maximum atomic E-state index is 5.21. The van der Waals surface area contributed by atoms with E-state index in [9.17, 15) is 0 Å². The van der Waals surface area contributed by atoms with Crippen molar-refractivity contribution in [3.63, 3.8) is 0 Å². The molecule has 0 unspecified atom stereocenters. The van der Waals surface area contributed by atoms with Crippen LogP contribution in [0.1, 0.15) is 75.7 Å². The summed E-state index contributed by atoms with van der Waals surface area (Å²) in [5, 5.41) is 0. The van der Waals surface area contributed by atoms with Gasteiger partial charge in [-0.1, -0.05) is 61.8 Å². The SMILES string of the molecule is C.C.C.CC(C)N1CCOCC1.CCCCCC.[Y]. The second-order valence-electron chi connectivity index (χ2n) is 4.45. The Hall–Kier alpha value is 1.02. The number of hydrogen-bond donors (Lipinski definition) is 0. The van der Waals surface area contributed by atoms with Gasteiger partial charge in [-0.2, -0.15) is 0 Å². The van der Waals surface area contributed by atoms with Crippen LogP contribution in [0.4, 0.5) is 0 Å². The Morgan fingerprint density at radius 1 is 0.895 bits per heavy atom. The molecule has 0 bridgehead atoms. The van der Waals surface area contributed by atoms with Crippen LogP contribution in [0.15, 0.2) is 0 Å². The van der Waals surface area contributed by atoms with E-state index in [1.54, 1.807) is 0 Å². The van der Waals surface area contributed by atoms with Gasteiger partial charge in [-0.05, 0) is 13.8 Å². The molecule has 0 atom stereocenters. The number of hydrogen-bond acceptors (Lipinski definition) is 2. The molecule has 0 spiro atoms. The number of ether oxygens (including phenoxy) is 1. The van der Waals surface area contributed by atoms with Gasteiger partial charge in [-0.25, -0.2) is 0 Å². The van der Waals surface area contributed by atoms with Crippen LogP contribution in [-0.4, -0.2) is 37.2 Å². The van der Waals surface area contributed by atoms with E-state index in [1.165, 1.54) is 25.7 Å². The summed E-state index contributed by atoms with van der Waals surface area (Å²) in [7, 11) is 0. The minimum absolute atomic E-state index is 0. The topological polar surface area (TPSA) is 12.5 Å². The fraction of sp³-hybridized carbons (Fsp3) is 1.00. The third kappa shape index (κ3) is 21.5. The summed E-state index contributed by atoms with van der Waals surface area (Å²) >= 11 is 0. The molecule has 1 heterocycles. The summed E-state index contributed by atoms with van der Waals surface area (Å²) in [6, 6.07) is 0.689. The van der Waals surface area contributed by atoms with Crippen molar-refractivity contribution in [2.75, 3.05) is 26.3 Å². The van der Waals surface area contributed by atoms with Crippen molar-refractivity contribution in [3.8, 4) is 0 Å². The van der Waals surface area contributed by atoms with Crippen molar-refractivity contribution >= 4 is 0 Å². The van der Waals surface area contributed by atoms with Crippen LogP contribution in [0.3, 0.4) is 0 Å². The quantitative estimate of drug-likeness (QED) is 0.643. The number of morpholine rings is 1. The molecule has 0 aromatic carbocycles. The van der Waals surface area contributed by atoms with Gasteiger partial charge in [0, 0.05) is 51.8 Å². The van der Waals surface area contributed by atoms with E-state index in [1.807, 2.05) is 0 Å². The second-order valence-corrected chi connectivity index (χ2v) is 4.45. The summed E-state index contributed by atoms with van der Waals surface area (Å²) in [6.45, 7) is 13.0. The van der Waals surface area contributed by atoms with E-state index in [0.29, 0.717) is 6.04 Å². The molecule has 1 aliphatic rings. The first-order valence-electron chi connectivity index (χ1n) is 6.54. The van der Waals surface area contributed by atoms with Gasteiger partial charge in [0.1, 0.15) is 0 Å². The fourth-order valence-corrected chi connectivity index (χ4v) is 1.59. The number of unbranched alkanes of at least 4 members (excludes halogenated alkanes) is 3. The number of nitrogens with zero attached hydrogens (tertiary/aromatic N) is 1. The monoisotopic (exact) mass is 352 g/mol. The van der Waals surface area contributed by atoms with Gasteiger partial charge >= 0.3 is 0 Å². The van der Waals surface area contributed by atoms with Gasteiger partial charge < -0.3 is 4.74 Å². The molecular weight excluding hydrogens is 311 g/mol. The zero-order chi connectivity index (χ0) is 11.5. The average Bonchev–Trinajstić information content (AvgIpc) is 2.28. The molecule has 3 heteroatoms. The van der Waals surface area contributed by atoms with E-state index < -0.39 is 0 Å². The summed E-state index contributed by atoms with van der Waals surface area (Å²) in [4.78, 5) is 2.43. The molecule has 1 radical (unpaired) electrons. The van der Waals surface area contributed by atoms with Crippen LogP contribution in [0.5, 0.6) is 0 Å². The van der Waals surface area contributed by atoms with Crippen molar-refractivity contribution in [2.45, 2.75) is 81.7 Å². The summed E-state index contributed by atoms with van der Waals surface area (Å²) in [6.07, 6.45) is 5.54. The fourth-order valence-electron chi connectivity index (χ4n) is 1.59. The van der Waals surface area contributed by atoms with Crippen molar-refractivity contribution in [3.05, 3.63) is 0 Å². The van der Waals surface area contributed by atoms with Crippen molar-refractivity contribution in [1.82, 2.24) is 4.90 Å². The first kappa shape index (κ1) is 32.1. The molecule has 0 saturated carbocycles. The van der Waals surface area contributed by atoms with Gasteiger partial charge in [0.05, 0.1) is 13.2 Å². The molecular formula is C16H41NOY. The van der Waals surface area contributed by atoms with E-state index in [-0.39, 0.29) is 55.0 Å². The van der Waals surface area contributed by atoms with Crippen molar-refractivity contribution in [2.24, 2.45) is 0 Å². The van der Waals surface area contributed by atoms with Gasteiger partial charge in [0.2, 0.25) is 0 Å². The Balaban J connectivity index is -0.0000000599. The van der Waals surface area contributed by atoms with Crippen LogP contribution in [0.25, 0.3) is 0 Å². The Bertz CT molecular complexity index is 122. The zero-order valence-electron chi connectivity index (χ0n) is 11.7. The van der Waals surface area contributed by atoms with E-state index in [4.69, 9.17) is 4.74 Å². The first-order valence-corrected chi connectivity index (χ1v) is 6.54. The molecule has 2 nitrogen and oxygen atoms in total. The van der Waals surface area contributed by atoms with E-state index >= 15 is 0 Å². The van der Waals surface area contributed by atoms with Crippen LogP contribution in [0, 0.1) is 0 Å². The average molecular weight is 352 g/mol. The smallest absolute Gasteiger partial charge is 0.0594 e. The first-order chi connectivity index (χ1) is 7.22. The molecule has 0 amide bonds. The van der Waals surface area contributed by atoms with E-state index in [2.05, 4.69) is 32.6 Å². The maximum absolute atomic E-state index is 5.21. The molecule has 119 valence electrons. The molecule has 1 aliphatic heterocycles.